The van der Waals surface area contributed by atoms with E-state index in [0.29, 0.717) is 5.57 Å². The van der Waals surface area contributed by atoms with E-state index in [-0.39, 0.29) is 4.90 Å². The first-order valence-electron chi connectivity index (χ1n) is 5.82. The Balaban J connectivity index is 3.01. The smallest absolute Gasteiger partial charge is 0.328 e. The number of halogens is 1. The van der Waals surface area contributed by atoms with E-state index in [1.54, 1.807) is 6.92 Å². The number of carbonyl (C=O) groups is 1. The summed E-state index contributed by atoms with van der Waals surface area (Å²) in [4.78, 5) is 10.4. The Hall–Kier alpha value is -1.95. The fourth-order valence-corrected chi connectivity index (χ4v) is 2.90. The molecule has 1 rings (SSSR count). The molecule has 0 bridgehead atoms. The summed E-state index contributed by atoms with van der Waals surface area (Å²) in [5.74, 6) is -1.61. The Morgan fingerprint density at radius 1 is 1.25 bits per heavy atom. The van der Waals surface area contributed by atoms with Crippen molar-refractivity contribution < 1.29 is 22.7 Å². The van der Waals surface area contributed by atoms with Crippen molar-refractivity contribution in [3.63, 3.8) is 0 Å². The van der Waals surface area contributed by atoms with Gasteiger partial charge in [-0.25, -0.2) is 17.6 Å². The summed E-state index contributed by atoms with van der Waals surface area (Å²) in [7, 11) is -3.61. The molecule has 0 saturated carbocycles. The van der Waals surface area contributed by atoms with Gasteiger partial charge >= 0.3 is 5.97 Å². The predicted molar refractivity (Wildman–Crippen MR) is 73.6 cm³/mol. The van der Waals surface area contributed by atoms with Gasteiger partial charge in [0.2, 0.25) is 0 Å². The Bertz CT molecular complexity index is 642. The highest BCUT2D eigenvalue weighted by Gasteiger charge is 2.21. The van der Waals surface area contributed by atoms with Gasteiger partial charge in [-0.2, -0.15) is 0 Å². The van der Waals surface area contributed by atoms with E-state index in [1.807, 2.05) is 0 Å². The molecule has 0 saturated heterocycles. The summed E-state index contributed by atoms with van der Waals surface area (Å²) in [5.41, 5.74) is 0.519. The van der Waals surface area contributed by atoms with Crippen LogP contribution < -0.4 is 0 Å². The van der Waals surface area contributed by atoms with Gasteiger partial charge in [-0.15, -0.1) is 0 Å². The van der Waals surface area contributed by atoms with Gasteiger partial charge in [0.1, 0.15) is 5.82 Å². The Labute approximate surface area is 117 Å². The van der Waals surface area contributed by atoms with Gasteiger partial charge in [0.15, 0.2) is 9.84 Å². The molecule has 1 atom stereocenters. The highest BCUT2D eigenvalue weighted by atomic mass is 32.2. The third-order valence-corrected chi connectivity index (χ3v) is 4.66. The third kappa shape index (κ3) is 4.31. The second-order valence-electron chi connectivity index (χ2n) is 4.29. The fourth-order valence-electron chi connectivity index (χ4n) is 1.56. The molecular weight excluding hydrogens is 283 g/mol. The largest absolute Gasteiger partial charge is 0.478 e. The van der Waals surface area contributed by atoms with E-state index in [2.05, 4.69) is 0 Å². The molecule has 0 radical (unpaired) electrons. The number of carboxylic acids is 1. The van der Waals surface area contributed by atoms with Crippen LogP contribution in [0.2, 0.25) is 0 Å². The van der Waals surface area contributed by atoms with E-state index in [1.165, 1.54) is 31.2 Å². The second kappa shape index (κ2) is 6.47. The first-order chi connectivity index (χ1) is 9.23. The van der Waals surface area contributed by atoms with Crippen molar-refractivity contribution in [3.05, 3.63) is 53.9 Å². The maximum absolute atomic E-state index is 12.8. The molecule has 0 fully saturated rings. The van der Waals surface area contributed by atoms with Gasteiger partial charge in [0, 0.05) is 6.08 Å². The van der Waals surface area contributed by atoms with Crippen molar-refractivity contribution in [1.29, 1.82) is 0 Å². The first-order valence-corrected chi connectivity index (χ1v) is 7.37. The molecule has 0 heterocycles. The van der Waals surface area contributed by atoms with Crippen LogP contribution in [0.1, 0.15) is 13.8 Å². The summed E-state index contributed by atoms with van der Waals surface area (Å²) in [5, 5.41) is 7.65. The minimum Gasteiger partial charge on any atom is -0.478 e. The van der Waals surface area contributed by atoms with Gasteiger partial charge in [0.05, 0.1) is 10.1 Å². The van der Waals surface area contributed by atoms with Crippen molar-refractivity contribution >= 4 is 15.8 Å². The van der Waals surface area contributed by atoms with Crippen LogP contribution in [-0.2, 0) is 14.6 Å². The molecule has 0 aliphatic carbocycles. The molecule has 6 heteroatoms. The molecule has 108 valence electrons. The lowest BCUT2D eigenvalue weighted by atomic mass is 10.2. The lowest BCUT2D eigenvalue weighted by Gasteiger charge is -2.09. The van der Waals surface area contributed by atoms with Crippen molar-refractivity contribution in [1.82, 2.24) is 0 Å². The lowest BCUT2D eigenvalue weighted by molar-refractivity contribution is -0.131. The molecule has 1 N–H and O–H groups in total. The topological polar surface area (TPSA) is 71.4 Å². The maximum atomic E-state index is 12.8. The summed E-state index contributed by atoms with van der Waals surface area (Å²) in [6, 6.07) is 4.58. The average Bonchev–Trinajstić information content (AvgIpc) is 2.36. The standard InChI is InChI=1S/C14H15FO4S/c1-10(3-8-14(16)17)9-11(2)20(18,19)13-6-4-12(15)5-7-13/h3-9,11H,1-2H3,(H,16,17)/b8-3+,10-9+. The van der Waals surface area contributed by atoms with Gasteiger partial charge in [-0.3, -0.25) is 0 Å². The van der Waals surface area contributed by atoms with Crippen LogP contribution in [-0.4, -0.2) is 24.7 Å². The van der Waals surface area contributed by atoms with Crippen LogP contribution >= 0.6 is 0 Å². The third-order valence-electron chi connectivity index (χ3n) is 2.62. The number of allylic oxidation sites excluding steroid dienone is 2. The zero-order valence-corrected chi connectivity index (χ0v) is 11.9. The normalized spacial score (nSPS) is 14.4. The summed E-state index contributed by atoms with van der Waals surface area (Å²) in [6.07, 6.45) is 3.69. The van der Waals surface area contributed by atoms with E-state index < -0.39 is 26.9 Å². The Morgan fingerprint density at radius 3 is 2.30 bits per heavy atom. The van der Waals surface area contributed by atoms with Crippen molar-refractivity contribution in [2.45, 2.75) is 24.0 Å². The van der Waals surface area contributed by atoms with E-state index in [9.17, 15) is 17.6 Å². The van der Waals surface area contributed by atoms with Crippen molar-refractivity contribution in [2.75, 3.05) is 0 Å². The number of rotatable bonds is 5. The van der Waals surface area contributed by atoms with Gasteiger partial charge in [0.25, 0.3) is 0 Å². The molecule has 4 nitrogen and oxygen atoms in total. The summed E-state index contributed by atoms with van der Waals surface area (Å²) in [6.45, 7) is 3.09. The van der Waals surface area contributed by atoms with E-state index in [4.69, 9.17) is 5.11 Å². The molecule has 0 aliphatic rings. The highest BCUT2D eigenvalue weighted by Crippen LogP contribution is 2.18. The van der Waals surface area contributed by atoms with E-state index >= 15 is 0 Å². The highest BCUT2D eigenvalue weighted by molar-refractivity contribution is 7.92. The minimum absolute atomic E-state index is 0.0256. The van der Waals surface area contributed by atoms with Crippen LogP contribution in [0.3, 0.4) is 0 Å². The zero-order valence-electron chi connectivity index (χ0n) is 11.1. The number of aliphatic carboxylic acids is 1. The quantitative estimate of drug-likeness (QED) is 0.515. The lowest BCUT2D eigenvalue weighted by Crippen LogP contribution is -2.16. The number of hydrogen-bond donors (Lipinski definition) is 1. The van der Waals surface area contributed by atoms with Crippen LogP contribution in [0.15, 0.2) is 53.0 Å². The SMILES string of the molecule is CC(/C=C/C(=O)O)=C\C(C)S(=O)(=O)c1ccc(F)cc1. The van der Waals surface area contributed by atoms with Gasteiger partial charge in [-0.1, -0.05) is 17.7 Å². The van der Waals surface area contributed by atoms with Crippen LogP contribution in [0, 0.1) is 5.82 Å². The van der Waals surface area contributed by atoms with Crippen molar-refractivity contribution in [2.24, 2.45) is 0 Å². The Kier molecular flexibility index (Phi) is 5.21. The number of benzene rings is 1. The van der Waals surface area contributed by atoms with Gasteiger partial charge < -0.3 is 5.11 Å². The molecule has 0 amide bonds. The first kappa shape index (κ1) is 16.1. The monoisotopic (exact) mass is 298 g/mol. The maximum Gasteiger partial charge on any atom is 0.328 e. The number of hydrogen-bond acceptors (Lipinski definition) is 3. The summed E-state index contributed by atoms with van der Waals surface area (Å²) >= 11 is 0. The molecule has 1 aromatic rings. The summed E-state index contributed by atoms with van der Waals surface area (Å²) < 4.78 is 37.2. The van der Waals surface area contributed by atoms with Crippen LogP contribution in [0.25, 0.3) is 0 Å². The predicted octanol–water partition coefficient (Wildman–Crippen LogP) is 2.58. The number of sulfone groups is 1. The molecule has 0 aromatic heterocycles. The fraction of sp³-hybridized carbons (Fsp3) is 0.214. The van der Waals surface area contributed by atoms with E-state index in [0.717, 1.165) is 18.2 Å². The molecule has 1 aromatic carbocycles. The van der Waals surface area contributed by atoms with Crippen LogP contribution in [0.5, 0.6) is 0 Å². The van der Waals surface area contributed by atoms with Crippen molar-refractivity contribution in [3.8, 4) is 0 Å². The molecular formula is C14H15FO4S. The molecule has 0 spiro atoms. The van der Waals surface area contributed by atoms with Crippen LogP contribution in [0.4, 0.5) is 4.39 Å². The average molecular weight is 298 g/mol. The minimum atomic E-state index is -3.61. The Morgan fingerprint density at radius 2 is 1.80 bits per heavy atom. The molecule has 0 aliphatic heterocycles. The molecule has 20 heavy (non-hydrogen) atoms. The number of carboxylic acid groups (broad SMARTS) is 1. The van der Waals surface area contributed by atoms with Gasteiger partial charge in [-0.05, 0) is 38.1 Å². The molecule has 1 unspecified atom stereocenters. The second-order valence-corrected chi connectivity index (χ2v) is 6.59. The zero-order chi connectivity index (χ0) is 15.3.